The van der Waals surface area contributed by atoms with Gasteiger partial charge in [0.2, 0.25) is 11.8 Å². The van der Waals surface area contributed by atoms with Gasteiger partial charge in [0.1, 0.15) is 5.54 Å². The smallest absolute Gasteiger partial charge is 0.238 e. The Morgan fingerprint density at radius 2 is 1.39 bits per heavy atom. The van der Waals surface area contributed by atoms with Crippen LogP contribution in [0.5, 0.6) is 0 Å². The van der Waals surface area contributed by atoms with Crippen molar-refractivity contribution in [3.63, 3.8) is 0 Å². The molecule has 2 N–H and O–H groups in total. The van der Waals surface area contributed by atoms with Crippen LogP contribution in [0.4, 0.5) is 0 Å². The highest BCUT2D eigenvalue weighted by molar-refractivity contribution is 5.85. The molecule has 2 amide bonds. The summed E-state index contributed by atoms with van der Waals surface area (Å²) < 4.78 is 0. The fraction of sp³-hybridized carbons (Fsp3) is 0.889. The van der Waals surface area contributed by atoms with Crippen LogP contribution in [0.1, 0.15) is 64.2 Å². The van der Waals surface area contributed by atoms with Crippen molar-refractivity contribution < 1.29 is 9.59 Å². The standard InChI is InChI=1S/C18H31N3O2/c19-17(23)18(21-11-5-2-6-12-21)9-13-20(14-10-18)16(22)15-7-3-1-4-8-15/h15H,1-14H2,(H2,19,23). The molecule has 0 atom stereocenters. The molecular weight excluding hydrogens is 290 g/mol. The summed E-state index contributed by atoms with van der Waals surface area (Å²) in [6.07, 6.45) is 10.7. The molecule has 0 aromatic carbocycles. The largest absolute Gasteiger partial charge is 0.368 e. The molecular formula is C18H31N3O2. The number of carbonyl (C=O) groups is 2. The normalized spacial score (nSPS) is 26.9. The lowest BCUT2D eigenvalue weighted by molar-refractivity contribution is -0.145. The number of likely N-dealkylation sites (tertiary alicyclic amines) is 2. The Kier molecular flexibility index (Phi) is 5.24. The SMILES string of the molecule is NC(=O)C1(N2CCCCC2)CCN(C(=O)C2CCCCC2)CC1. The Hall–Kier alpha value is -1.10. The van der Waals surface area contributed by atoms with Crippen LogP contribution in [0, 0.1) is 5.92 Å². The molecule has 0 aromatic rings. The van der Waals surface area contributed by atoms with Gasteiger partial charge in [0, 0.05) is 19.0 Å². The summed E-state index contributed by atoms with van der Waals surface area (Å²) in [7, 11) is 0. The summed E-state index contributed by atoms with van der Waals surface area (Å²) in [4.78, 5) is 29.2. The van der Waals surface area contributed by atoms with Crippen LogP contribution in [0.2, 0.25) is 0 Å². The van der Waals surface area contributed by atoms with Gasteiger partial charge in [0.05, 0.1) is 0 Å². The molecule has 5 nitrogen and oxygen atoms in total. The van der Waals surface area contributed by atoms with Crippen LogP contribution >= 0.6 is 0 Å². The number of primary amides is 1. The van der Waals surface area contributed by atoms with Crippen molar-refractivity contribution in [2.75, 3.05) is 26.2 Å². The summed E-state index contributed by atoms with van der Waals surface area (Å²) in [6, 6.07) is 0. The van der Waals surface area contributed by atoms with Crippen molar-refractivity contribution in [2.45, 2.75) is 69.7 Å². The van der Waals surface area contributed by atoms with Gasteiger partial charge in [-0.2, -0.15) is 0 Å². The number of carbonyl (C=O) groups excluding carboxylic acids is 2. The minimum Gasteiger partial charge on any atom is -0.368 e. The van der Waals surface area contributed by atoms with E-state index in [4.69, 9.17) is 5.73 Å². The predicted octanol–water partition coefficient (Wildman–Crippen LogP) is 1.90. The fourth-order valence-electron chi connectivity index (χ4n) is 4.75. The maximum atomic E-state index is 12.7. The van der Waals surface area contributed by atoms with E-state index in [9.17, 15) is 9.59 Å². The van der Waals surface area contributed by atoms with Crippen molar-refractivity contribution in [2.24, 2.45) is 11.7 Å². The van der Waals surface area contributed by atoms with Crippen molar-refractivity contribution in [3.05, 3.63) is 0 Å². The number of nitrogens with zero attached hydrogens (tertiary/aromatic N) is 2. The van der Waals surface area contributed by atoms with Gasteiger partial charge in [-0.1, -0.05) is 25.7 Å². The molecule has 3 rings (SSSR count). The lowest BCUT2D eigenvalue weighted by Crippen LogP contribution is -2.64. The molecule has 5 heteroatoms. The maximum Gasteiger partial charge on any atom is 0.238 e. The Morgan fingerprint density at radius 1 is 0.826 bits per heavy atom. The predicted molar refractivity (Wildman–Crippen MR) is 89.7 cm³/mol. The van der Waals surface area contributed by atoms with E-state index in [2.05, 4.69) is 4.90 Å². The lowest BCUT2D eigenvalue weighted by atomic mass is 9.82. The molecule has 0 bridgehead atoms. The molecule has 0 radical (unpaired) electrons. The van der Waals surface area contributed by atoms with Gasteiger partial charge in [-0.25, -0.2) is 0 Å². The third-order valence-electron chi connectivity index (χ3n) is 6.28. The molecule has 2 aliphatic heterocycles. The quantitative estimate of drug-likeness (QED) is 0.863. The summed E-state index contributed by atoms with van der Waals surface area (Å²) >= 11 is 0. The molecule has 1 saturated carbocycles. The zero-order chi connectivity index (χ0) is 16.3. The molecule has 0 unspecified atom stereocenters. The van der Waals surface area contributed by atoms with Crippen molar-refractivity contribution in [3.8, 4) is 0 Å². The van der Waals surface area contributed by atoms with Crippen LogP contribution in [-0.4, -0.2) is 53.3 Å². The monoisotopic (exact) mass is 321 g/mol. The van der Waals surface area contributed by atoms with Crippen LogP contribution in [-0.2, 0) is 9.59 Å². The molecule has 0 aromatic heterocycles. The Balaban J connectivity index is 1.62. The molecule has 23 heavy (non-hydrogen) atoms. The van der Waals surface area contributed by atoms with Gasteiger partial charge >= 0.3 is 0 Å². The highest BCUT2D eigenvalue weighted by atomic mass is 16.2. The van der Waals surface area contributed by atoms with E-state index in [1.54, 1.807) is 0 Å². The topological polar surface area (TPSA) is 66.6 Å². The van der Waals surface area contributed by atoms with Crippen LogP contribution < -0.4 is 5.73 Å². The molecule has 130 valence electrons. The first-order valence-corrected chi connectivity index (χ1v) is 9.47. The summed E-state index contributed by atoms with van der Waals surface area (Å²) in [6.45, 7) is 3.32. The van der Waals surface area contributed by atoms with Crippen LogP contribution in [0.3, 0.4) is 0 Å². The van der Waals surface area contributed by atoms with E-state index in [-0.39, 0.29) is 11.8 Å². The number of hydrogen-bond acceptors (Lipinski definition) is 3. The minimum atomic E-state index is -0.510. The number of rotatable bonds is 3. The molecule has 1 aliphatic carbocycles. The maximum absolute atomic E-state index is 12.7. The van der Waals surface area contributed by atoms with Crippen molar-refractivity contribution in [1.29, 1.82) is 0 Å². The van der Waals surface area contributed by atoms with E-state index in [1.165, 1.54) is 25.7 Å². The third-order valence-corrected chi connectivity index (χ3v) is 6.28. The van der Waals surface area contributed by atoms with Crippen molar-refractivity contribution >= 4 is 11.8 Å². The molecule has 0 spiro atoms. The van der Waals surface area contributed by atoms with E-state index in [1.807, 2.05) is 4.90 Å². The molecule has 2 saturated heterocycles. The first kappa shape index (κ1) is 16.7. The number of amides is 2. The highest BCUT2D eigenvalue weighted by Gasteiger charge is 2.46. The first-order valence-electron chi connectivity index (χ1n) is 9.47. The first-order chi connectivity index (χ1) is 11.1. The summed E-state index contributed by atoms with van der Waals surface area (Å²) in [5.41, 5.74) is 5.30. The second-order valence-corrected chi connectivity index (χ2v) is 7.60. The second kappa shape index (κ2) is 7.20. The van der Waals surface area contributed by atoms with Gasteiger partial charge in [0.25, 0.3) is 0 Å². The van der Waals surface area contributed by atoms with Gasteiger partial charge in [0.15, 0.2) is 0 Å². The average Bonchev–Trinajstić information content (AvgIpc) is 2.62. The summed E-state index contributed by atoms with van der Waals surface area (Å²) in [5, 5.41) is 0. The minimum absolute atomic E-state index is 0.191. The van der Waals surface area contributed by atoms with Gasteiger partial charge < -0.3 is 10.6 Å². The fourth-order valence-corrected chi connectivity index (χ4v) is 4.75. The number of nitrogens with two attached hydrogens (primary N) is 1. The van der Waals surface area contributed by atoms with E-state index < -0.39 is 5.54 Å². The van der Waals surface area contributed by atoms with E-state index in [0.717, 1.165) is 38.8 Å². The number of hydrogen-bond donors (Lipinski definition) is 1. The zero-order valence-corrected chi connectivity index (χ0v) is 14.3. The van der Waals surface area contributed by atoms with E-state index >= 15 is 0 Å². The van der Waals surface area contributed by atoms with E-state index in [0.29, 0.717) is 31.8 Å². The number of piperidine rings is 2. The van der Waals surface area contributed by atoms with Gasteiger partial charge in [-0.3, -0.25) is 14.5 Å². The Morgan fingerprint density at radius 3 is 1.96 bits per heavy atom. The van der Waals surface area contributed by atoms with Gasteiger partial charge in [-0.05, 0) is 51.6 Å². The second-order valence-electron chi connectivity index (χ2n) is 7.60. The summed E-state index contributed by atoms with van der Waals surface area (Å²) in [5.74, 6) is 0.352. The zero-order valence-electron chi connectivity index (χ0n) is 14.3. The lowest BCUT2D eigenvalue weighted by Gasteiger charge is -2.48. The average molecular weight is 321 g/mol. The Bertz CT molecular complexity index is 432. The van der Waals surface area contributed by atoms with Crippen molar-refractivity contribution in [1.82, 2.24) is 9.80 Å². The van der Waals surface area contributed by atoms with Crippen LogP contribution in [0.15, 0.2) is 0 Å². The highest BCUT2D eigenvalue weighted by Crippen LogP contribution is 2.33. The third kappa shape index (κ3) is 3.39. The molecule has 2 heterocycles. The molecule has 3 fully saturated rings. The Labute approximate surface area is 139 Å². The van der Waals surface area contributed by atoms with Gasteiger partial charge in [-0.15, -0.1) is 0 Å². The van der Waals surface area contributed by atoms with Crippen LogP contribution in [0.25, 0.3) is 0 Å². The molecule has 3 aliphatic rings.